The maximum atomic E-state index is 12.4. The van der Waals surface area contributed by atoms with Crippen LogP contribution in [0.2, 0.25) is 0 Å². The van der Waals surface area contributed by atoms with Crippen molar-refractivity contribution in [3.8, 4) is 22.6 Å². The summed E-state index contributed by atoms with van der Waals surface area (Å²) in [5, 5.41) is 3.55. The first-order chi connectivity index (χ1) is 15.1. The van der Waals surface area contributed by atoms with Crippen molar-refractivity contribution < 1.29 is 18.7 Å². The number of amides is 1. The summed E-state index contributed by atoms with van der Waals surface area (Å²) in [7, 11) is 1.58. The Hall–Kier alpha value is -4.07. The third-order valence-electron chi connectivity index (χ3n) is 4.75. The number of ether oxygens (including phenoxy) is 2. The van der Waals surface area contributed by atoms with Gasteiger partial charge in [0.2, 0.25) is 0 Å². The summed E-state index contributed by atoms with van der Waals surface area (Å²) >= 11 is 0. The average Bonchev–Trinajstić information content (AvgIpc) is 3.31. The number of fused-ring (bicyclic) bond motifs is 1. The fourth-order valence-corrected chi connectivity index (χ4v) is 3.12. The van der Waals surface area contributed by atoms with Gasteiger partial charge in [0.25, 0.3) is 5.91 Å². The van der Waals surface area contributed by atoms with Crippen LogP contribution in [0.15, 0.2) is 70.3 Å². The standard InChI is InChI=1S/C23H21N3O5/c1-29-19-6-7-21-16(10-19)11-20(23(28)31-21)15-2-4-18(5-3-15)30-13-22(27)25-9-8-17-12-24-14-26-17/h2-7,10-12,14H,8-9,13H2,1H3,(H,24,26)(H,25,27). The van der Waals surface area contributed by atoms with Gasteiger partial charge in [0, 0.05) is 30.2 Å². The molecule has 31 heavy (non-hydrogen) atoms. The molecular weight excluding hydrogens is 398 g/mol. The molecule has 0 fully saturated rings. The van der Waals surface area contributed by atoms with Crippen LogP contribution in [0.3, 0.4) is 0 Å². The van der Waals surface area contributed by atoms with E-state index in [-0.39, 0.29) is 12.5 Å². The molecule has 8 heteroatoms. The molecule has 0 saturated carbocycles. The summed E-state index contributed by atoms with van der Waals surface area (Å²) in [5.41, 5.74) is 2.14. The molecule has 2 aromatic carbocycles. The molecule has 2 N–H and O–H groups in total. The monoisotopic (exact) mass is 419 g/mol. The number of H-pyrrole nitrogens is 1. The predicted molar refractivity (Wildman–Crippen MR) is 115 cm³/mol. The first-order valence-electron chi connectivity index (χ1n) is 9.71. The Morgan fingerprint density at radius 3 is 2.68 bits per heavy atom. The number of rotatable bonds is 8. The molecule has 0 unspecified atom stereocenters. The average molecular weight is 419 g/mol. The van der Waals surface area contributed by atoms with E-state index < -0.39 is 5.63 Å². The van der Waals surface area contributed by atoms with E-state index in [0.717, 1.165) is 11.1 Å². The number of benzene rings is 2. The third-order valence-corrected chi connectivity index (χ3v) is 4.75. The Balaban J connectivity index is 1.38. The second-order valence-electron chi connectivity index (χ2n) is 6.84. The number of carbonyl (C=O) groups is 1. The highest BCUT2D eigenvalue weighted by Crippen LogP contribution is 2.25. The van der Waals surface area contributed by atoms with E-state index in [0.29, 0.717) is 41.2 Å². The molecule has 8 nitrogen and oxygen atoms in total. The molecule has 0 aliphatic rings. The van der Waals surface area contributed by atoms with Crippen LogP contribution in [-0.4, -0.2) is 36.1 Å². The number of aromatic nitrogens is 2. The van der Waals surface area contributed by atoms with Crippen LogP contribution in [0.1, 0.15) is 5.69 Å². The molecule has 4 rings (SSSR count). The van der Waals surface area contributed by atoms with Crippen molar-refractivity contribution in [1.29, 1.82) is 0 Å². The van der Waals surface area contributed by atoms with E-state index in [4.69, 9.17) is 13.9 Å². The van der Waals surface area contributed by atoms with E-state index in [9.17, 15) is 9.59 Å². The van der Waals surface area contributed by atoms with E-state index in [1.54, 1.807) is 62.1 Å². The number of nitrogens with one attached hydrogen (secondary N) is 2. The lowest BCUT2D eigenvalue weighted by molar-refractivity contribution is -0.123. The van der Waals surface area contributed by atoms with Gasteiger partial charge in [-0.05, 0) is 42.0 Å². The molecule has 2 heterocycles. The number of carbonyl (C=O) groups excluding carboxylic acids is 1. The molecule has 0 aliphatic heterocycles. The molecule has 4 aromatic rings. The van der Waals surface area contributed by atoms with Crippen LogP contribution in [0, 0.1) is 0 Å². The minimum Gasteiger partial charge on any atom is -0.497 e. The van der Waals surface area contributed by atoms with E-state index >= 15 is 0 Å². The highest BCUT2D eigenvalue weighted by molar-refractivity contribution is 5.83. The zero-order valence-corrected chi connectivity index (χ0v) is 16.9. The van der Waals surface area contributed by atoms with Gasteiger partial charge in [0.15, 0.2) is 6.61 Å². The zero-order valence-electron chi connectivity index (χ0n) is 16.9. The minimum atomic E-state index is -0.428. The Morgan fingerprint density at radius 2 is 1.94 bits per heavy atom. The van der Waals surface area contributed by atoms with Crippen molar-refractivity contribution in [3.05, 3.63) is 77.2 Å². The lowest BCUT2D eigenvalue weighted by Crippen LogP contribution is -2.30. The van der Waals surface area contributed by atoms with Gasteiger partial charge in [-0.1, -0.05) is 12.1 Å². The zero-order chi connectivity index (χ0) is 21.6. The normalized spacial score (nSPS) is 10.7. The van der Waals surface area contributed by atoms with Crippen molar-refractivity contribution in [2.45, 2.75) is 6.42 Å². The third kappa shape index (κ3) is 4.92. The van der Waals surface area contributed by atoms with Gasteiger partial charge in [-0.2, -0.15) is 0 Å². The van der Waals surface area contributed by atoms with Gasteiger partial charge >= 0.3 is 5.63 Å². The van der Waals surface area contributed by atoms with Gasteiger partial charge < -0.3 is 24.2 Å². The van der Waals surface area contributed by atoms with Gasteiger partial charge in [0.1, 0.15) is 17.1 Å². The summed E-state index contributed by atoms with van der Waals surface area (Å²) in [6.07, 6.45) is 3.99. The summed E-state index contributed by atoms with van der Waals surface area (Å²) in [6, 6.07) is 14.0. The Bertz CT molecular complexity index is 1230. The number of nitrogens with zero attached hydrogens (tertiary/aromatic N) is 1. The maximum Gasteiger partial charge on any atom is 0.344 e. The Labute approximate surface area is 177 Å². The largest absolute Gasteiger partial charge is 0.497 e. The molecule has 0 bridgehead atoms. The van der Waals surface area contributed by atoms with Gasteiger partial charge in [-0.3, -0.25) is 4.79 Å². The lowest BCUT2D eigenvalue weighted by atomic mass is 10.1. The number of hydrogen-bond acceptors (Lipinski definition) is 6. The lowest BCUT2D eigenvalue weighted by Gasteiger charge is -2.08. The summed E-state index contributed by atoms with van der Waals surface area (Å²) < 4.78 is 16.2. The number of hydrogen-bond donors (Lipinski definition) is 2. The molecule has 0 spiro atoms. The summed E-state index contributed by atoms with van der Waals surface area (Å²) in [4.78, 5) is 31.2. The second-order valence-corrected chi connectivity index (χ2v) is 6.84. The van der Waals surface area contributed by atoms with E-state index in [2.05, 4.69) is 15.3 Å². The molecule has 0 saturated heterocycles. The first-order valence-corrected chi connectivity index (χ1v) is 9.71. The van der Waals surface area contributed by atoms with E-state index in [1.807, 2.05) is 6.07 Å². The Morgan fingerprint density at radius 1 is 1.13 bits per heavy atom. The van der Waals surface area contributed by atoms with Crippen molar-refractivity contribution >= 4 is 16.9 Å². The summed E-state index contributed by atoms with van der Waals surface area (Å²) in [5.74, 6) is 0.992. The quantitative estimate of drug-likeness (QED) is 0.425. The van der Waals surface area contributed by atoms with E-state index in [1.165, 1.54) is 0 Å². The second kappa shape index (κ2) is 9.17. The number of imidazole rings is 1. The maximum absolute atomic E-state index is 12.4. The fourth-order valence-electron chi connectivity index (χ4n) is 3.12. The SMILES string of the molecule is COc1ccc2oc(=O)c(-c3ccc(OCC(=O)NCCc4cnc[nH]4)cc3)cc2c1. The van der Waals surface area contributed by atoms with Gasteiger partial charge in [0.05, 0.1) is 19.0 Å². The van der Waals surface area contributed by atoms with Gasteiger partial charge in [-0.15, -0.1) is 0 Å². The van der Waals surface area contributed by atoms with Crippen molar-refractivity contribution in [2.75, 3.05) is 20.3 Å². The molecular formula is C23H21N3O5. The van der Waals surface area contributed by atoms with Crippen LogP contribution < -0.4 is 20.4 Å². The molecule has 2 aromatic heterocycles. The summed E-state index contributed by atoms with van der Waals surface area (Å²) in [6.45, 7) is 0.395. The van der Waals surface area contributed by atoms with Crippen LogP contribution in [0.5, 0.6) is 11.5 Å². The van der Waals surface area contributed by atoms with Crippen LogP contribution in [0.25, 0.3) is 22.1 Å². The molecule has 0 radical (unpaired) electrons. The van der Waals surface area contributed by atoms with Crippen LogP contribution in [-0.2, 0) is 11.2 Å². The van der Waals surface area contributed by atoms with Crippen molar-refractivity contribution in [1.82, 2.24) is 15.3 Å². The molecule has 0 atom stereocenters. The van der Waals surface area contributed by atoms with Crippen molar-refractivity contribution in [3.63, 3.8) is 0 Å². The van der Waals surface area contributed by atoms with Crippen molar-refractivity contribution in [2.24, 2.45) is 0 Å². The highest BCUT2D eigenvalue weighted by atomic mass is 16.5. The molecule has 158 valence electrons. The predicted octanol–water partition coefficient (Wildman–Crippen LogP) is 2.93. The van der Waals surface area contributed by atoms with Gasteiger partial charge in [-0.25, -0.2) is 9.78 Å². The number of aromatic amines is 1. The Kier molecular flexibility index (Phi) is 5.98. The fraction of sp³-hybridized carbons (Fsp3) is 0.174. The topological polar surface area (TPSA) is 106 Å². The highest BCUT2D eigenvalue weighted by Gasteiger charge is 2.10. The minimum absolute atomic E-state index is 0.0970. The smallest absolute Gasteiger partial charge is 0.344 e. The molecule has 1 amide bonds. The van der Waals surface area contributed by atoms with Crippen LogP contribution >= 0.6 is 0 Å². The first kappa shape index (κ1) is 20.2. The van der Waals surface area contributed by atoms with Crippen LogP contribution in [0.4, 0.5) is 0 Å². The number of methoxy groups -OCH3 is 1. The molecule has 0 aliphatic carbocycles.